The van der Waals surface area contributed by atoms with Crippen LogP contribution in [0.2, 0.25) is 0 Å². The first kappa shape index (κ1) is 16.6. The zero-order chi connectivity index (χ0) is 18.1. The zero-order valence-corrected chi connectivity index (χ0v) is 14.4. The highest BCUT2D eigenvalue weighted by atomic mass is 19.1. The Labute approximate surface area is 150 Å². The number of aliphatic hydroxyl groups is 1. The van der Waals surface area contributed by atoms with Crippen LogP contribution in [0, 0.1) is 17.8 Å². The predicted octanol–water partition coefficient (Wildman–Crippen LogP) is 2.30. The lowest BCUT2D eigenvalue weighted by atomic mass is 10.1. The van der Waals surface area contributed by atoms with Gasteiger partial charge in [-0.05, 0) is 18.9 Å². The molecule has 1 aliphatic rings. The molecule has 7 heteroatoms. The quantitative estimate of drug-likeness (QED) is 0.714. The molecule has 1 N–H and O–H groups in total. The fourth-order valence-corrected chi connectivity index (χ4v) is 2.77. The summed E-state index contributed by atoms with van der Waals surface area (Å²) in [6, 6.07) is 1.90. The molecule has 4 rings (SSSR count). The number of hydrogen-bond donors (Lipinski definition) is 1. The zero-order valence-electron chi connectivity index (χ0n) is 14.4. The van der Waals surface area contributed by atoms with Crippen molar-refractivity contribution < 1.29 is 14.2 Å². The molecule has 1 unspecified atom stereocenters. The van der Waals surface area contributed by atoms with Gasteiger partial charge in [0, 0.05) is 29.4 Å². The number of ether oxygens (including phenoxy) is 1. The van der Waals surface area contributed by atoms with E-state index in [1.807, 2.05) is 12.3 Å². The van der Waals surface area contributed by atoms with Gasteiger partial charge in [-0.15, -0.1) is 0 Å². The first-order valence-corrected chi connectivity index (χ1v) is 8.52. The van der Waals surface area contributed by atoms with Crippen molar-refractivity contribution in [3.05, 3.63) is 36.4 Å². The Morgan fingerprint density at radius 3 is 2.88 bits per heavy atom. The molecule has 1 aliphatic carbocycles. The van der Waals surface area contributed by atoms with Gasteiger partial charge >= 0.3 is 0 Å². The Balaban J connectivity index is 1.70. The van der Waals surface area contributed by atoms with Gasteiger partial charge in [0.05, 0.1) is 38.2 Å². The molecule has 0 amide bonds. The molecule has 26 heavy (non-hydrogen) atoms. The van der Waals surface area contributed by atoms with Crippen LogP contribution in [-0.4, -0.2) is 44.4 Å². The van der Waals surface area contributed by atoms with Gasteiger partial charge in [-0.2, -0.15) is 10.2 Å². The topological polar surface area (TPSA) is 64.6 Å². The van der Waals surface area contributed by atoms with E-state index in [-0.39, 0.29) is 6.54 Å². The van der Waals surface area contributed by atoms with Crippen LogP contribution < -0.4 is 4.74 Å². The molecule has 0 bridgehead atoms. The van der Waals surface area contributed by atoms with Crippen LogP contribution in [0.1, 0.15) is 18.4 Å². The summed E-state index contributed by atoms with van der Waals surface area (Å²) in [4.78, 5) is 0. The Kier molecular flexibility index (Phi) is 4.35. The molecule has 0 spiro atoms. The maximum Gasteiger partial charge on any atom is 0.146 e. The standard InChI is InChI=1S/C19H19FN4O2/c1-26-18-6-15(16-8-21-23(9-16)11-17(20)12-25)10-24-19(18)14(7-22-24)5-4-13-2-3-13/h6-10,13,17,25H,2-3,11-12H2,1H3. The van der Waals surface area contributed by atoms with Crippen LogP contribution in [-0.2, 0) is 6.54 Å². The third kappa shape index (κ3) is 3.28. The molecule has 0 saturated heterocycles. The fourth-order valence-electron chi connectivity index (χ4n) is 2.77. The van der Waals surface area contributed by atoms with Gasteiger partial charge in [-0.3, -0.25) is 4.68 Å². The fraction of sp³-hybridized carbons (Fsp3) is 0.368. The van der Waals surface area contributed by atoms with Crippen LogP contribution in [0.3, 0.4) is 0 Å². The average molecular weight is 354 g/mol. The highest BCUT2D eigenvalue weighted by Gasteiger charge is 2.18. The molecule has 6 nitrogen and oxygen atoms in total. The molecule has 0 aromatic carbocycles. The summed E-state index contributed by atoms with van der Waals surface area (Å²) in [6.07, 6.45) is 8.03. The summed E-state index contributed by atoms with van der Waals surface area (Å²) in [7, 11) is 1.61. The van der Waals surface area contributed by atoms with Gasteiger partial charge in [-0.1, -0.05) is 11.8 Å². The van der Waals surface area contributed by atoms with Crippen molar-refractivity contribution >= 4 is 5.52 Å². The van der Waals surface area contributed by atoms with Crippen molar-refractivity contribution in [3.63, 3.8) is 0 Å². The Hall–Kier alpha value is -2.85. The summed E-state index contributed by atoms with van der Waals surface area (Å²) < 4.78 is 22.1. The molecule has 3 heterocycles. The summed E-state index contributed by atoms with van der Waals surface area (Å²) >= 11 is 0. The summed E-state index contributed by atoms with van der Waals surface area (Å²) in [5.74, 6) is 7.63. The van der Waals surface area contributed by atoms with E-state index in [2.05, 4.69) is 22.0 Å². The molecular weight excluding hydrogens is 335 g/mol. The van der Waals surface area contributed by atoms with Gasteiger partial charge in [0.15, 0.2) is 0 Å². The van der Waals surface area contributed by atoms with E-state index in [0.29, 0.717) is 11.7 Å². The lowest BCUT2D eigenvalue weighted by Gasteiger charge is -2.07. The van der Waals surface area contributed by atoms with E-state index >= 15 is 0 Å². The SMILES string of the molecule is COc1cc(-c2cnn(CC(F)CO)c2)cn2ncc(C#CC3CC3)c12. The van der Waals surface area contributed by atoms with Crippen molar-refractivity contribution in [2.24, 2.45) is 5.92 Å². The molecule has 1 saturated carbocycles. The van der Waals surface area contributed by atoms with Crippen LogP contribution in [0.5, 0.6) is 5.75 Å². The lowest BCUT2D eigenvalue weighted by molar-refractivity contribution is 0.158. The minimum absolute atomic E-state index is 0.0125. The van der Waals surface area contributed by atoms with Crippen molar-refractivity contribution in [2.75, 3.05) is 13.7 Å². The number of fused-ring (bicyclic) bond motifs is 1. The van der Waals surface area contributed by atoms with Crippen molar-refractivity contribution in [3.8, 4) is 28.7 Å². The van der Waals surface area contributed by atoms with Crippen molar-refractivity contribution in [2.45, 2.75) is 25.6 Å². The molecule has 0 aliphatic heterocycles. The number of hydrogen-bond acceptors (Lipinski definition) is 4. The second-order valence-corrected chi connectivity index (χ2v) is 6.42. The normalized spacial score (nSPS) is 14.9. The monoisotopic (exact) mass is 354 g/mol. The number of nitrogens with zero attached hydrogens (tertiary/aromatic N) is 4. The van der Waals surface area contributed by atoms with Gasteiger partial charge in [-0.25, -0.2) is 8.91 Å². The maximum absolute atomic E-state index is 13.3. The summed E-state index contributed by atoms with van der Waals surface area (Å²) in [5.41, 5.74) is 3.35. The minimum Gasteiger partial charge on any atom is -0.494 e. The molecule has 134 valence electrons. The second-order valence-electron chi connectivity index (χ2n) is 6.42. The molecule has 1 atom stereocenters. The number of aliphatic hydroxyl groups excluding tert-OH is 1. The highest BCUT2D eigenvalue weighted by Crippen LogP contribution is 2.31. The Morgan fingerprint density at radius 1 is 1.31 bits per heavy atom. The largest absolute Gasteiger partial charge is 0.494 e. The van der Waals surface area contributed by atoms with E-state index in [4.69, 9.17) is 9.84 Å². The van der Waals surface area contributed by atoms with E-state index in [9.17, 15) is 4.39 Å². The highest BCUT2D eigenvalue weighted by molar-refractivity contribution is 5.75. The average Bonchev–Trinajstić information content (AvgIpc) is 3.22. The third-order valence-corrected chi connectivity index (χ3v) is 4.33. The summed E-state index contributed by atoms with van der Waals surface area (Å²) in [6.45, 7) is -0.508. The van der Waals surface area contributed by atoms with Crippen molar-refractivity contribution in [1.82, 2.24) is 19.4 Å². The first-order valence-electron chi connectivity index (χ1n) is 8.52. The minimum atomic E-state index is -1.33. The number of rotatable bonds is 5. The first-order chi connectivity index (χ1) is 12.7. The van der Waals surface area contributed by atoms with Crippen molar-refractivity contribution in [1.29, 1.82) is 0 Å². The molecule has 3 aromatic heterocycles. The number of aromatic nitrogens is 4. The predicted molar refractivity (Wildman–Crippen MR) is 94.5 cm³/mol. The van der Waals surface area contributed by atoms with Gasteiger partial charge in [0.25, 0.3) is 0 Å². The van der Waals surface area contributed by atoms with Gasteiger partial charge in [0.2, 0.25) is 0 Å². The van der Waals surface area contributed by atoms with E-state index in [1.165, 1.54) is 17.5 Å². The van der Waals surface area contributed by atoms with E-state index in [0.717, 1.165) is 22.2 Å². The summed E-state index contributed by atoms with van der Waals surface area (Å²) in [5, 5.41) is 17.4. The molecular formula is C19H19FN4O2. The number of alkyl halides is 1. The Bertz CT molecular complexity index is 994. The van der Waals surface area contributed by atoms with Crippen LogP contribution >= 0.6 is 0 Å². The van der Waals surface area contributed by atoms with Gasteiger partial charge < -0.3 is 9.84 Å². The van der Waals surface area contributed by atoms with Crippen LogP contribution in [0.25, 0.3) is 16.6 Å². The Morgan fingerprint density at radius 2 is 2.15 bits per heavy atom. The molecule has 3 aromatic rings. The van der Waals surface area contributed by atoms with Gasteiger partial charge in [0.1, 0.15) is 17.4 Å². The third-order valence-electron chi connectivity index (χ3n) is 4.33. The number of pyridine rings is 1. The lowest BCUT2D eigenvalue weighted by Crippen LogP contribution is -2.15. The number of methoxy groups -OCH3 is 1. The number of halogens is 1. The van der Waals surface area contributed by atoms with E-state index in [1.54, 1.807) is 30.2 Å². The maximum atomic E-state index is 13.3. The molecule has 0 radical (unpaired) electrons. The molecule has 1 fully saturated rings. The smallest absolute Gasteiger partial charge is 0.146 e. The van der Waals surface area contributed by atoms with Crippen LogP contribution in [0.4, 0.5) is 4.39 Å². The van der Waals surface area contributed by atoms with Crippen LogP contribution in [0.15, 0.2) is 30.9 Å². The second kappa shape index (κ2) is 6.81. The van der Waals surface area contributed by atoms with E-state index < -0.39 is 12.8 Å².